The zero-order chi connectivity index (χ0) is 16.9. The highest BCUT2D eigenvalue weighted by molar-refractivity contribution is 6.49. The van der Waals surface area contributed by atoms with Crippen molar-refractivity contribution in [2.45, 2.75) is 65.3 Å². The number of alkyl carbamates (subject to hydrolysis) is 1. The average molecular weight is 301 g/mol. The molecule has 7 heteroatoms. The second-order valence-corrected chi connectivity index (χ2v) is 6.89. The molecule has 0 atom stereocenters. The van der Waals surface area contributed by atoms with E-state index in [1.54, 1.807) is 54.5 Å². The molecule has 0 aromatic carbocycles. The van der Waals surface area contributed by atoms with Crippen LogP contribution in [0.15, 0.2) is 12.1 Å². The van der Waals surface area contributed by atoms with E-state index in [-0.39, 0.29) is 6.54 Å². The monoisotopic (exact) mass is 301 g/mol. The molecule has 0 aliphatic heterocycles. The van der Waals surface area contributed by atoms with Gasteiger partial charge in [-0.2, -0.15) is 0 Å². The Kier molecular flexibility index (Phi) is 6.93. The molecule has 0 aliphatic carbocycles. The maximum atomic E-state index is 11.4. The molecular formula is C14H28BNO5. The SMILES string of the molecule is CC(C)(C)OC(=O)NCC=CB(O)OC(C)(C)C(C)(C)O. The first-order valence-electron chi connectivity index (χ1n) is 6.96. The Morgan fingerprint density at radius 2 is 1.71 bits per heavy atom. The van der Waals surface area contributed by atoms with Crippen molar-refractivity contribution in [1.82, 2.24) is 5.32 Å². The first-order valence-corrected chi connectivity index (χ1v) is 6.96. The molecule has 6 nitrogen and oxygen atoms in total. The summed E-state index contributed by atoms with van der Waals surface area (Å²) in [7, 11) is -1.17. The van der Waals surface area contributed by atoms with Gasteiger partial charge in [0.25, 0.3) is 0 Å². The molecule has 0 bridgehead atoms. The number of hydrogen-bond acceptors (Lipinski definition) is 5. The van der Waals surface area contributed by atoms with Gasteiger partial charge >= 0.3 is 13.2 Å². The van der Waals surface area contributed by atoms with Crippen molar-refractivity contribution in [3.63, 3.8) is 0 Å². The summed E-state index contributed by atoms with van der Waals surface area (Å²) in [6.45, 7) is 12.1. The topological polar surface area (TPSA) is 88.0 Å². The van der Waals surface area contributed by atoms with Crippen LogP contribution in [0.25, 0.3) is 0 Å². The standard InChI is InChI=1S/C14H28BNO5/c1-12(2,3)20-11(17)16-10-8-9-15(19)21-14(6,7)13(4,5)18/h8-9,18-19H,10H2,1-7H3,(H,16,17). The van der Waals surface area contributed by atoms with E-state index >= 15 is 0 Å². The second-order valence-electron chi connectivity index (χ2n) is 6.89. The van der Waals surface area contributed by atoms with Crippen LogP contribution in [0.5, 0.6) is 0 Å². The summed E-state index contributed by atoms with van der Waals surface area (Å²) in [5, 5.41) is 22.2. The van der Waals surface area contributed by atoms with Crippen molar-refractivity contribution in [1.29, 1.82) is 0 Å². The molecule has 21 heavy (non-hydrogen) atoms. The number of nitrogens with one attached hydrogen (secondary N) is 1. The average Bonchev–Trinajstić information content (AvgIpc) is 2.19. The van der Waals surface area contributed by atoms with Gasteiger partial charge in [0, 0.05) is 6.54 Å². The summed E-state index contributed by atoms with van der Waals surface area (Å²) in [6.07, 6.45) is 1.02. The summed E-state index contributed by atoms with van der Waals surface area (Å²) < 4.78 is 10.4. The van der Waals surface area contributed by atoms with Crippen LogP contribution in [0.4, 0.5) is 4.79 Å². The third kappa shape index (κ3) is 8.75. The number of rotatable bonds is 6. The van der Waals surface area contributed by atoms with Crippen LogP contribution in [0.2, 0.25) is 0 Å². The molecule has 3 N–H and O–H groups in total. The maximum Gasteiger partial charge on any atom is 0.483 e. The number of hydrogen-bond donors (Lipinski definition) is 3. The third-order valence-corrected chi connectivity index (χ3v) is 2.95. The lowest BCUT2D eigenvalue weighted by Crippen LogP contribution is -2.50. The normalized spacial score (nSPS) is 13.4. The summed E-state index contributed by atoms with van der Waals surface area (Å²) in [5.41, 5.74) is -2.57. The van der Waals surface area contributed by atoms with E-state index < -0.39 is 30.0 Å². The number of ether oxygens (including phenoxy) is 1. The van der Waals surface area contributed by atoms with Crippen LogP contribution in [0, 0.1) is 0 Å². The van der Waals surface area contributed by atoms with Crippen LogP contribution in [0.1, 0.15) is 48.5 Å². The fourth-order valence-electron chi connectivity index (χ4n) is 1.13. The van der Waals surface area contributed by atoms with Gasteiger partial charge in [-0.3, -0.25) is 0 Å². The Labute approximate surface area is 127 Å². The highest BCUT2D eigenvalue weighted by atomic mass is 16.6. The molecule has 0 unspecified atom stereocenters. The van der Waals surface area contributed by atoms with Crippen LogP contribution in [-0.4, -0.2) is 46.7 Å². The Balaban J connectivity index is 4.19. The van der Waals surface area contributed by atoms with Gasteiger partial charge in [0.05, 0.1) is 11.2 Å². The van der Waals surface area contributed by atoms with Crippen molar-refractivity contribution < 1.29 is 24.3 Å². The molecule has 0 radical (unpaired) electrons. The van der Waals surface area contributed by atoms with Crippen LogP contribution in [0.3, 0.4) is 0 Å². The molecule has 0 saturated carbocycles. The first-order chi connectivity index (χ1) is 9.24. The molecule has 0 spiro atoms. The van der Waals surface area contributed by atoms with E-state index in [1.165, 1.54) is 5.98 Å². The minimum absolute atomic E-state index is 0.207. The van der Waals surface area contributed by atoms with Gasteiger partial charge in [0.15, 0.2) is 0 Å². The highest BCUT2D eigenvalue weighted by Crippen LogP contribution is 2.25. The fourth-order valence-corrected chi connectivity index (χ4v) is 1.13. The van der Waals surface area contributed by atoms with Gasteiger partial charge in [-0.1, -0.05) is 12.1 Å². The van der Waals surface area contributed by atoms with E-state index in [4.69, 9.17) is 9.39 Å². The third-order valence-electron chi connectivity index (χ3n) is 2.95. The molecule has 0 aromatic rings. The second kappa shape index (κ2) is 7.29. The highest BCUT2D eigenvalue weighted by Gasteiger charge is 2.38. The summed E-state index contributed by atoms with van der Waals surface area (Å²) in [6, 6.07) is 0. The van der Waals surface area contributed by atoms with Gasteiger partial charge in [0.1, 0.15) is 5.60 Å². The van der Waals surface area contributed by atoms with E-state index in [9.17, 15) is 14.9 Å². The van der Waals surface area contributed by atoms with E-state index in [2.05, 4.69) is 5.32 Å². The molecule has 1 amide bonds. The number of carbonyl (C=O) groups excluding carboxylic acids is 1. The largest absolute Gasteiger partial charge is 0.483 e. The molecule has 0 aromatic heterocycles. The minimum Gasteiger partial charge on any atom is -0.444 e. The number of amides is 1. The quantitative estimate of drug-likeness (QED) is 0.649. The van der Waals surface area contributed by atoms with Crippen LogP contribution >= 0.6 is 0 Å². The molecule has 0 aliphatic rings. The van der Waals surface area contributed by atoms with Gasteiger partial charge < -0.3 is 24.8 Å². The van der Waals surface area contributed by atoms with Crippen molar-refractivity contribution >= 4 is 13.2 Å². The Morgan fingerprint density at radius 1 is 1.19 bits per heavy atom. The van der Waals surface area contributed by atoms with E-state index in [1.807, 2.05) is 0 Å². The predicted octanol–water partition coefficient (Wildman–Crippen LogP) is 1.65. The van der Waals surface area contributed by atoms with Gasteiger partial charge in [-0.25, -0.2) is 4.79 Å². The molecular weight excluding hydrogens is 273 g/mol. The lowest BCUT2D eigenvalue weighted by molar-refractivity contribution is -0.0984. The van der Waals surface area contributed by atoms with Crippen molar-refractivity contribution in [3.05, 3.63) is 12.1 Å². The Morgan fingerprint density at radius 3 is 2.14 bits per heavy atom. The maximum absolute atomic E-state index is 11.4. The summed E-state index contributed by atoms with van der Waals surface area (Å²) in [4.78, 5) is 11.4. The smallest absolute Gasteiger partial charge is 0.444 e. The lowest BCUT2D eigenvalue weighted by Gasteiger charge is -2.38. The summed E-state index contributed by atoms with van der Waals surface area (Å²) >= 11 is 0. The zero-order valence-corrected chi connectivity index (χ0v) is 14.1. The minimum atomic E-state index is -1.17. The van der Waals surface area contributed by atoms with E-state index in [0.717, 1.165) is 0 Å². The Hall–Kier alpha value is -1.05. The molecule has 0 fully saturated rings. The number of carbonyl (C=O) groups is 1. The first kappa shape index (κ1) is 20.0. The molecule has 0 rings (SSSR count). The van der Waals surface area contributed by atoms with Crippen LogP contribution in [-0.2, 0) is 9.39 Å². The van der Waals surface area contributed by atoms with Gasteiger partial charge in [0.2, 0.25) is 0 Å². The Bertz CT molecular complexity index is 369. The molecule has 0 heterocycles. The molecule has 122 valence electrons. The molecule has 0 saturated heterocycles. The number of aliphatic hydroxyl groups is 1. The van der Waals surface area contributed by atoms with Gasteiger partial charge in [-0.05, 0) is 48.5 Å². The lowest BCUT2D eigenvalue weighted by atomic mass is 9.83. The summed E-state index contributed by atoms with van der Waals surface area (Å²) in [5.74, 6) is 1.39. The van der Waals surface area contributed by atoms with Crippen molar-refractivity contribution in [2.75, 3.05) is 6.54 Å². The van der Waals surface area contributed by atoms with Crippen molar-refractivity contribution in [2.24, 2.45) is 0 Å². The van der Waals surface area contributed by atoms with Crippen LogP contribution < -0.4 is 5.32 Å². The fraction of sp³-hybridized carbons (Fsp3) is 0.786. The van der Waals surface area contributed by atoms with Gasteiger partial charge in [-0.15, -0.1) is 0 Å². The predicted molar refractivity (Wildman–Crippen MR) is 82.8 cm³/mol. The zero-order valence-electron chi connectivity index (χ0n) is 14.1. The van der Waals surface area contributed by atoms with E-state index in [0.29, 0.717) is 0 Å². The van der Waals surface area contributed by atoms with Crippen molar-refractivity contribution in [3.8, 4) is 0 Å².